The molecule has 8 nitrogen and oxygen atoms in total. The number of benzene rings is 1. The lowest BCUT2D eigenvalue weighted by molar-refractivity contribution is 0.0244. The first-order valence-corrected chi connectivity index (χ1v) is 9.86. The molecule has 2 aromatic rings. The van der Waals surface area contributed by atoms with Gasteiger partial charge in [0, 0.05) is 32.1 Å². The molecule has 1 N–H and O–H groups in total. The average molecular weight is 400 g/mol. The van der Waals surface area contributed by atoms with Gasteiger partial charge in [-0.2, -0.15) is 5.10 Å². The predicted octanol–water partition coefficient (Wildman–Crippen LogP) is 2.64. The maximum Gasteiger partial charge on any atom is 0.410 e. The second-order valence-corrected chi connectivity index (χ2v) is 8.57. The summed E-state index contributed by atoms with van der Waals surface area (Å²) in [4.78, 5) is 40.6. The van der Waals surface area contributed by atoms with Crippen LogP contribution in [-0.4, -0.2) is 64.3 Å². The highest BCUT2D eigenvalue weighted by Gasteiger charge is 2.29. The highest BCUT2D eigenvalue weighted by Crippen LogP contribution is 2.22. The van der Waals surface area contributed by atoms with Gasteiger partial charge in [-0.25, -0.2) is 9.89 Å². The van der Waals surface area contributed by atoms with Gasteiger partial charge in [0.1, 0.15) is 5.60 Å². The number of nitrogens with one attached hydrogen (secondary N) is 1. The molecule has 1 atom stereocenters. The molecule has 1 aromatic carbocycles. The van der Waals surface area contributed by atoms with Crippen molar-refractivity contribution >= 4 is 22.8 Å². The molecule has 1 aromatic heterocycles. The highest BCUT2D eigenvalue weighted by molar-refractivity contribution is 6.04. The number of fused-ring (bicyclic) bond motifs is 1. The molecule has 1 fully saturated rings. The highest BCUT2D eigenvalue weighted by atomic mass is 16.6. The van der Waals surface area contributed by atoms with E-state index in [9.17, 15) is 14.4 Å². The van der Waals surface area contributed by atoms with E-state index in [1.807, 2.05) is 20.8 Å². The standard InChI is InChI=1S/C21H28N4O4/c1-21(2,3)29-20(28)24(4)12-14-8-7-11-25(13-14)19(27)17-15-9-5-6-10-16(15)18(26)23-22-17/h5-6,9-10,14H,7-8,11-13H2,1-4H3,(H,23,26). The molecular weight excluding hydrogens is 372 g/mol. The van der Waals surface area contributed by atoms with Gasteiger partial charge in [-0.1, -0.05) is 18.2 Å². The van der Waals surface area contributed by atoms with Gasteiger partial charge >= 0.3 is 6.09 Å². The third-order valence-electron chi connectivity index (χ3n) is 4.94. The van der Waals surface area contributed by atoms with Crippen LogP contribution in [0.1, 0.15) is 44.1 Å². The van der Waals surface area contributed by atoms with Crippen LogP contribution in [0.25, 0.3) is 10.8 Å². The number of piperidine rings is 1. The average Bonchev–Trinajstić information content (AvgIpc) is 2.67. The van der Waals surface area contributed by atoms with Gasteiger partial charge in [0.05, 0.1) is 5.39 Å². The van der Waals surface area contributed by atoms with Gasteiger partial charge in [-0.15, -0.1) is 0 Å². The molecule has 0 spiro atoms. The second kappa shape index (κ2) is 8.23. The van der Waals surface area contributed by atoms with Gasteiger partial charge < -0.3 is 14.5 Å². The zero-order valence-electron chi connectivity index (χ0n) is 17.4. The minimum atomic E-state index is -0.545. The Kier molecular flexibility index (Phi) is 5.91. The minimum Gasteiger partial charge on any atom is -0.444 e. The van der Waals surface area contributed by atoms with Crippen molar-refractivity contribution in [2.45, 2.75) is 39.2 Å². The lowest BCUT2D eigenvalue weighted by atomic mass is 9.97. The van der Waals surface area contributed by atoms with Crippen LogP contribution >= 0.6 is 0 Å². The Hall–Kier alpha value is -2.90. The summed E-state index contributed by atoms with van der Waals surface area (Å²) in [6.07, 6.45) is 1.41. The molecule has 29 heavy (non-hydrogen) atoms. The first-order valence-electron chi connectivity index (χ1n) is 9.86. The lowest BCUT2D eigenvalue weighted by Crippen LogP contribution is -2.45. The minimum absolute atomic E-state index is 0.152. The van der Waals surface area contributed by atoms with E-state index >= 15 is 0 Å². The number of likely N-dealkylation sites (tertiary alicyclic amines) is 1. The summed E-state index contributed by atoms with van der Waals surface area (Å²) < 4.78 is 5.41. The zero-order valence-corrected chi connectivity index (χ0v) is 17.4. The fourth-order valence-electron chi connectivity index (χ4n) is 3.63. The maximum absolute atomic E-state index is 13.1. The number of carbonyl (C=O) groups excluding carboxylic acids is 2. The van der Waals surface area contributed by atoms with Crippen LogP contribution in [-0.2, 0) is 4.74 Å². The van der Waals surface area contributed by atoms with Crippen LogP contribution in [0.4, 0.5) is 4.79 Å². The smallest absolute Gasteiger partial charge is 0.410 e. The topological polar surface area (TPSA) is 95.6 Å². The normalized spacial score (nSPS) is 17.2. The largest absolute Gasteiger partial charge is 0.444 e. The first kappa shape index (κ1) is 20.8. The van der Waals surface area contributed by atoms with Crippen LogP contribution in [0.5, 0.6) is 0 Å². The van der Waals surface area contributed by atoms with Crippen molar-refractivity contribution in [3.05, 3.63) is 40.3 Å². The van der Waals surface area contributed by atoms with Crippen molar-refractivity contribution in [2.24, 2.45) is 5.92 Å². The van der Waals surface area contributed by atoms with E-state index < -0.39 is 5.60 Å². The summed E-state index contributed by atoms with van der Waals surface area (Å²) in [6, 6.07) is 6.97. The molecule has 2 heterocycles. The molecule has 1 aliphatic rings. The van der Waals surface area contributed by atoms with E-state index in [0.29, 0.717) is 30.4 Å². The summed E-state index contributed by atoms with van der Waals surface area (Å²) in [5.74, 6) is -0.0543. The van der Waals surface area contributed by atoms with Gasteiger partial charge in [0.2, 0.25) is 0 Å². The molecule has 0 saturated carbocycles. The van der Waals surface area contributed by atoms with Gasteiger partial charge in [-0.05, 0) is 45.6 Å². The quantitative estimate of drug-likeness (QED) is 0.855. The van der Waals surface area contributed by atoms with Crippen molar-refractivity contribution in [1.29, 1.82) is 0 Å². The fourth-order valence-corrected chi connectivity index (χ4v) is 3.63. The number of aromatic amines is 1. The number of hydrogen-bond donors (Lipinski definition) is 1. The summed E-state index contributed by atoms with van der Waals surface area (Å²) >= 11 is 0. The number of aromatic nitrogens is 2. The van der Waals surface area contributed by atoms with Crippen molar-refractivity contribution in [1.82, 2.24) is 20.0 Å². The molecule has 1 aliphatic heterocycles. The van der Waals surface area contributed by atoms with Gasteiger partial charge in [0.25, 0.3) is 11.5 Å². The molecule has 1 saturated heterocycles. The number of rotatable bonds is 3. The zero-order chi connectivity index (χ0) is 21.2. The Labute approximate surface area is 169 Å². The summed E-state index contributed by atoms with van der Waals surface area (Å²) in [7, 11) is 1.71. The van der Waals surface area contributed by atoms with E-state index in [4.69, 9.17) is 4.74 Å². The fraction of sp³-hybridized carbons (Fsp3) is 0.524. The van der Waals surface area contributed by atoms with Crippen LogP contribution in [0.3, 0.4) is 0 Å². The third-order valence-corrected chi connectivity index (χ3v) is 4.94. The monoisotopic (exact) mass is 400 g/mol. The van der Waals surface area contributed by atoms with Gasteiger partial charge in [-0.3, -0.25) is 9.59 Å². The molecule has 8 heteroatoms. The molecule has 1 unspecified atom stereocenters. The number of H-pyrrole nitrogens is 1. The third kappa shape index (κ3) is 4.93. The van der Waals surface area contributed by atoms with Crippen molar-refractivity contribution in [3.8, 4) is 0 Å². The first-order chi connectivity index (χ1) is 13.7. The molecule has 156 valence electrons. The van der Waals surface area contributed by atoms with Crippen molar-refractivity contribution < 1.29 is 14.3 Å². The number of hydrogen-bond acceptors (Lipinski definition) is 5. The molecule has 0 bridgehead atoms. The summed E-state index contributed by atoms with van der Waals surface area (Å²) in [5.41, 5.74) is -0.606. The number of nitrogens with zero attached hydrogens (tertiary/aromatic N) is 3. The van der Waals surface area contributed by atoms with E-state index in [1.165, 1.54) is 0 Å². The Morgan fingerprint density at radius 2 is 1.97 bits per heavy atom. The Morgan fingerprint density at radius 3 is 2.66 bits per heavy atom. The van der Waals surface area contributed by atoms with E-state index in [-0.39, 0.29) is 29.2 Å². The van der Waals surface area contributed by atoms with Crippen molar-refractivity contribution in [3.63, 3.8) is 0 Å². The Balaban J connectivity index is 1.71. The van der Waals surface area contributed by atoms with E-state index in [2.05, 4.69) is 10.2 Å². The van der Waals surface area contributed by atoms with E-state index in [1.54, 1.807) is 41.1 Å². The molecule has 3 rings (SSSR count). The van der Waals surface area contributed by atoms with Crippen LogP contribution in [0.15, 0.2) is 29.1 Å². The summed E-state index contributed by atoms with van der Waals surface area (Å²) in [6.45, 7) is 7.17. The second-order valence-electron chi connectivity index (χ2n) is 8.57. The molecular formula is C21H28N4O4. The molecule has 0 aliphatic carbocycles. The molecule has 0 radical (unpaired) electrons. The van der Waals surface area contributed by atoms with Crippen LogP contribution < -0.4 is 5.56 Å². The predicted molar refractivity (Wildman–Crippen MR) is 110 cm³/mol. The number of amides is 2. The number of ether oxygens (including phenoxy) is 1. The number of carbonyl (C=O) groups is 2. The SMILES string of the molecule is CN(CC1CCCN(C(=O)c2n[nH]c(=O)c3ccccc23)C1)C(=O)OC(C)(C)C. The Bertz CT molecular complexity index is 963. The van der Waals surface area contributed by atoms with Crippen molar-refractivity contribution in [2.75, 3.05) is 26.7 Å². The maximum atomic E-state index is 13.1. The Morgan fingerprint density at radius 1 is 1.28 bits per heavy atom. The van der Waals surface area contributed by atoms with Gasteiger partial charge in [0.15, 0.2) is 5.69 Å². The summed E-state index contributed by atoms with van der Waals surface area (Å²) in [5, 5.41) is 7.44. The van der Waals surface area contributed by atoms with Crippen LogP contribution in [0, 0.1) is 5.92 Å². The molecule has 2 amide bonds. The lowest BCUT2D eigenvalue weighted by Gasteiger charge is -2.35. The van der Waals surface area contributed by atoms with E-state index in [0.717, 1.165) is 12.8 Å². The van der Waals surface area contributed by atoms with Crippen LogP contribution in [0.2, 0.25) is 0 Å².